The molecule has 2 N–H and O–H groups in total. The molecule has 29 heavy (non-hydrogen) atoms. The summed E-state index contributed by atoms with van der Waals surface area (Å²) in [5.41, 5.74) is -1.22. The van der Waals surface area contributed by atoms with Crippen LogP contribution in [-0.2, 0) is 6.61 Å². The molecule has 0 fully saturated rings. The summed E-state index contributed by atoms with van der Waals surface area (Å²) in [7, 11) is 0. The summed E-state index contributed by atoms with van der Waals surface area (Å²) in [5.74, 6) is -1.07. The minimum atomic E-state index is -1.07. The molecule has 8 nitrogen and oxygen atoms in total. The van der Waals surface area contributed by atoms with Crippen molar-refractivity contribution in [3.8, 4) is 11.6 Å². The molecule has 1 heterocycles. The topological polar surface area (TPSA) is 118 Å². The Hall–Kier alpha value is -3.72. The van der Waals surface area contributed by atoms with Crippen molar-refractivity contribution in [2.45, 2.75) is 6.61 Å². The molecule has 0 atom stereocenters. The van der Waals surface area contributed by atoms with Gasteiger partial charge in [-0.25, -0.2) is 4.39 Å². The average Bonchev–Trinajstić information content (AvgIpc) is 2.65. The Morgan fingerprint density at radius 1 is 1.28 bits per heavy atom. The second-order valence-corrected chi connectivity index (χ2v) is 6.18. The van der Waals surface area contributed by atoms with Crippen LogP contribution in [0.2, 0.25) is 5.02 Å². The molecule has 10 heteroatoms. The van der Waals surface area contributed by atoms with Gasteiger partial charge in [0.15, 0.2) is 0 Å². The maximum absolute atomic E-state index is 13.8. The highest BCUT2D eigenvalue weighted by molar-refractivity contribution is 6.31. The van der Waals surface area contributed by atoms with Gasteiger partial charge in [0.1, 0.15) is 24.0 Å². The molecule has 0 aliphatic rings. The second-order valence-electron chi connectivity index (χ2n) is 5.78. The van der Waals surface area contributed by atoms with Gasteiger partial charge in [0.25, 0.3) is 5.88 Å². The van der Waals surface area contributed by atoms with Crippen LogP contribution in [0.25, 0.3) is 12.2 Å². The van der Waals surface area contributed by atoms with E-state index >= 15 is 0 Å². The number of H-pyrrole nitrogens is 1. The number of ether oxygens (including phenoxy) is 1. The fraction of sp³-hybridized carbons (Fsp3) is 0.0526. The molecule has 0 aliphatic carbocycles. The van der Waals surface area contributed by atoms with Gasteiger partial charge in [-0.1, -0.05) is 35.9 Å². The number of hydrogen-bond donors (Lipinski definition) is 2. The third-order valence-corrected chi connectivity index (χ3v) is 4.17. The molecular formula is C19H13ClFN3O5. The highest BCUT2D eigenvalue weighted by Gasteiger charge is 2.21. The third kappa shape index (κ3) is 4.77. The summed E-state index contributed by atoms with van der Waals surface area (Å²) in [4.78, 5) is 27.1. The van der Waals surface area contributed by atoms with Crippen molar-refractivity contribution in [3.63, 3.8) is 0 Å². The molecule has 0 saturated heterocycles. The first-order valence-corrected chi connectivity index (χ1v) is 8.54. The first-order chi connectivity index (χ1) is 13.8. The van der Waals surface area contributed by atoms with E-state index in [1.54, 1.807) is 36.4 Å². The van der Waals surface area contributed by atoms with Crippen LogP contribution in [0.15, 0.2) is 47.3 Å². The van der Waals surface area contributed by atoms with Crippen LogP contribution in [0.5, 0.6) is 11.6 Å². The molecule has 0 amide bonds. The summed E-state index contributed by atoms with van der Waals surface area (Å²) in [6.07, 6.45) is 2.91. The van der Waals surface area contributed by atoms with Crippen LogP contribution in [0.3, 0.4) is 0 Å². The normalized spacial score (nSPS) is 11.0. The number of aromatic amines is 1. The van der Waals surface area contributed by atoms with Gasteiger partial charge in [0.2, 0.25) is 0 Å². The highest BCUT2D eigenvalue weighted by atomic mass is 35.5. The van der Waals surface area contributed by atoms with E-state index in [-0.39, 0.29) is 23.0 Å². The first-order valence-electron chi connectivity index (χ1n) is 8.16. The van der Waals surface area contributed by atoms with Crippen LogP contribution < -0.4 is 10.3 Å². The van der Waals surface area contributed by atoms with E-state index in [9.17, 15) is 24.4 Å². The SMILES string of the molecule is O=c1[nH]c(/C=C/c2cccc(OCc3c(F)cccc3Cl)c2)nc(O)c1[N+](=O)[O-]. The molecule has 0 saturated carbocycles. The van der Waals surface area contributed by atoms with Crippen molar-refractivity contribution in [1.29, 1.82) is 0 Å². The fourth-order valence-corrected chi connectivity index (χ4v) is 2.64. The van der Waals surface area contributed by atoms with E-state index in [1.165, 1.54) is 18.2 Å². The standard InChI is InChI=1S/C19H13ClFN3O5/c20-14-5-2-6-15(21)13(14)10-29-12-4-1-3-11(9-12)7-8-16-22-18(25)17(24(27)28)19(26)23-16/h1-9H,10H2,(H2,22,23,25,26)/b8-7+. The van der Waals surface area contributed by atoms with Gasteiger partial charge < -0.3 is 14.8 Å². The Morgan fingerprint density at radius 2 is 2.03 bits per heavy atom. The lowest BCUT2D eigenvalue weighted by atomic mass is 10.2. The van der Waals surface area contributed by atoms with E-state index in [1.807, 2.05) is 0 Å². The molecule has 148 valence electrons. The van der Waals surface area contributed by atoms with E-state index in [0.29, 0.717) is 11.3 Å². The lowest BCUT2D eigenvalue weighted by Crippen LogP contribution is -2.14. The number of benzene rings is 2. The van der Waals surface area contributed by atoms with Gasteiger partial charge in [0.05, 0.1) is 9.95 Å². The number of halogens is 2. The van der Waals surface area contributed by atoms with E-state index in [2.05, 4.69) is 9.97 Å². The summed E-state index contributed by atoms with van der Waals surface area (Å²) >= 11 is 5.97. The zero-order valence-corrected chi connectivity index (χ0v) is 15.4. The number of hydrogen-bond acceptors (Lipinski definition) is 6. The Morgan fingerprint density at radius 3 is 2.72 bits per heavy atom. The average molecular weight is 418 g/mol. The summed E-state index contributed by atoms with van der Waals surface area (Å²) in [5, 5.41) is 20.5. The Labute approximate surface area is 168 Å². The van der Waals surface area contributed by atoms with E-state index in [0.717, 1.165) is 0 Å². The molecule has 0 bridgehead atoms. The van der Waals surface area contributed by atoms with Crippen molar-refractivity contribution in [2.24, 2.45) is 0 Å². The fourth-order valence-electron chi connectivity index (χ4n) is 2.42. The molecule has 0 unspecified atom stereocenters. The third-order valence-electron chi connectivity index (χ3n) is 3.81. The monoisotopic (exact) mass is 417 g/mol. The molecule has 3 rings (SSSR count). The van der Waals surface area contributed by atoms with Crippen molar-refractivity contribution in [1.82, 2.24) is 9.97 Å². The maximum Gasteiger partial charge on any atom is 0.395 e. The first kappa shape index (κ1) is 20.0. The van der Waals surface area contributed by atoms with E-state index < -0.39 is 27.9 Å². The predicted octanol–water partition coefficient (Wildman–Crippen LogP) is 3.93. The van der Waals surface area contributed by atoms with Gasteiger partial charge in [-0.05, 0) is 35.9 Å². The van der Waals surface area contributed by atoms with Crippen molar-refractivity contribution in [3.05, 3.63) is 90.7 Å². The van der Waals surface area contributed by atoms with Crippen LogP contribution in [0.1, 0.15) is 17.0 Å². The second kappa shape index (κ2) is 8.53. The minimum Gasteiger partial charge on any atom is -0.489 e. The lowest BCUT2D eigenvalue weighted by molar-refractivity contribution is -0.387. The van der Waals surface area contributed by atoms with Crippen LogP contribution in [0, 0.1) is 15.9 Å². The summed E-state index contributed by atoms with van der Waals surface area (Å²) in [6.45, 7) is -0.0657. The quantitative estimate of drug-likeness (QED) is 0.463. The van der Waals surface area contributed by atoms with Gasteiger partial charge in [-0.3, -0.25) is 14.9 Å². The van der Waals surface area contributed by atoms with Crippen molar-refractivity contribution in [2.75, 3.05) is 0 Å². The van der Waals surface area contributed by atoms with Crippen LogP contribution in [0.4, 0.5) is 10.1 Å². The number of rotatable bonds is 6. The molecule has 1 aromatic heterocycles. The van der Waals surface area contributed by atoms with Crippen molar-refractivity contribution < 1.29 is 19.2 Å². The van der Waals surface area contributed by atoms with Crippen LogP contribution in [-0.4, -0.2) is 20.0 Å². The molecule has 0 radical (unpaired) electrons. The van der Waals surface area contributed by atoms with Gasteiger partial charge >= 0.3 is 11.2 Å². The highest BCUT2D eigenvalue weighted by Crippen LogP contribution is 2.23. The van der Waals surface area contributed by atoms with Crippen molar-refractivity contribution >= 4 is 29.4 Å². The minimum absolute atomic E-state index is 0.0657. The van der Waals surface area contributed by atoms with Crippen LogP contribution >= 0.6 is 11.6 Å². The molecule has 2 aromatic carbocycles. The van der Waals surface area contributed by atoms with Gasteiger partial charge in [-0.2, -0.15) is 4.98 Å². The Balaban J connectivity index is 1.76. The summed E-state index contributed by atoms with van der Waals surface area (Å²) < 4.78 is 19.4. The Bertz CT molecular complexity index is 1140. The maximum atomic E-state index is 13.8. The molecule has 3 aromatic rings. The molecular weight excluding hydrogens is 405 g/mol. The zero-order valence-electron chi connectivity index (χ0n) is 14.6. The number of nitrogens with zero attached hydrogens (tertiary/aromatic N) is 2. The number of nitrogens with one attached hydrogen (secondary N) is 1. The molecule has 0 spiro atoms. The number of aromatic nitrogens is 2. The largest absolute Gasteiger partial charge is 0.489 e. The van der Waals surface area contributed by atoms with E-state index in [4.69, 9.17) is 16.3 Å². The number of aromatic hydroxyl groups is 1. The number of nitro groups is 1. The summed E-state index contributed by atoms with van der Waals surface area (Å²) in [6, 6.07) is 11.1. The lowest BCUT2D eigenvalue weighted by Gasteiger charge is -2.09. The molecule has 0 aliphatic heterocycles. The van der Waals surface area contributed by atoms with Gasteiger partial charge in [0, 0.05) is 5.56 Å². The van der Waals surface area contributed by atoms with Gasteiger partial charge in [-0.15, -0.1) is 0 Å². The zero-order chi connectivity index (χ0) is 21.0. The smallest absolute Gasteiger partial charge is 0.395 e. The predicted molar refractivity (Wildman–Crippen MR) is 104 cm³/mol. The Kier molecular flexibility index (Phi) is 5.89.